The summed E-state index contributed by atoms with van der Waals surface area (Å²) >= 11 is 1.47. The number of anilines is 1. The van der Waals surface area contributed by atoms with Gasteiger partial charge in [-0.05, 0) is 48.6 Å². The van der Waals surface area contributed by atoms with Crippen LogP contribution in [0.2, 0.25) is 0 Å². The minimum Gasteiger partial charge on any atom is -0.483 e. The molecule has 0 unspecified atom stereocenters. The van der Waals surface area contributed by atoms with Crippen LogP contribution >= 0.6 is 11.3 Å². The molecule has 2 heterocycles. The van der Waals surface area contributed by atoms with Crippen molar-refractivity contribution in [1.29, 1.82) is 0 Å². The first kappa shape index (κ1) is 23.4. The number of thiophene rings is 1. The molecule has 9 heteroatoms. The molecule has 0 radical (unpaired) electrons. The van der Waals surface area contributed by atoms with Crippen LogP contribution in [0.1, 0.15) is 33.6 Å². The minimum absolute atomic E-state index is 0.00465. The van der Waals surface area contributed by atoms with Crippen LogP contribution in [0.4, 0.5) is 10.1 Å². The number of piperidine rings is 1. The predicted molar refractivity (Wildman–Crippen MR) is 128 cm³/mol. The highest BCUT2D eigenvalue weighted by molar-refractivity contribution is 7.08. The molecule has 3 aromatic rings. The summed E-state index contributed by atoms with van der Waals surface area (Å²) < 4.78 is 19.3. The molecule has 2 aromatic carbocycles. The second-order valence-electron chi connectivity index (χ2n) is 7.86. The van der Waals surface area contributed by atoms with Gasteiger partial charge in [0.05, 0.1) is 11.3 Å². The van der Waals surface area contributed by atoms with Crippen LogP contribution in [-0.2, 0) is 4.79 Å². The fourth-order valence-electron chi connectivity index (χ4n) is 3.72. The third-order valence-corrected chi connectivity index (χ3v) is 6.21. The minimum atomic E-state index is -0.540. The van der Waals surface area contributed by atoms with Crippen LogP contribution in [0.25, 0.3) is 0 Å². The normalized spacial score (nSPS) is 13.9. The largest absolute Gasteiger partial charge is 0.483 e. The van der Waals surface area contributed by atoms with E-state index in [-0.39, 0.29) is 35.9 Å². The van der Waals surface area contributed by atoms with Crippen molar-refractivity contribution < 1.29 is 23.5 Å². The highest BCUT2D eigenvalue weighted by Crippen LogP contribution is 2.23. The lowest BCUT2D eigenvalue weighted by atomic mass is 10.0. The number of carbonyl (C=O) groups excluding carboxylic acids is 3. The van der Waals surface area contributed by atoms with Crippen LogP contribution < -0.4 is 15.4 Å². The summed E-state index contributed by atoms with van der Waals surface area (Å²) in [5, 5.41) is 9.14. The van der Waals surface area contributed by atoms with E-state index in [1.807, 2.05) is 10.8 Å². The van der Waals surface area contributed by atoms with Gasteiger partial charge in [-0.2, -0.15) is 11.3 Å². The lowest BCUT2D eigenvalue weighted by Gasteiger charge is -2.32. The van der Waals surface area contributed by atoms with Crippen molar-refractivity contribution in [1.82, 2.24) is 10.2 Å². The van der Waals surface area contributed by atoms with Gasteiger partial charge >= 0.3 is 0 Å². The lowest BCUT2D eigenvalue weighted by Crippen LogP contribution is -2.46. The molecular formula is C25H24FN3O4S. The van der Waals surface area contributed by atoms with Crippen LogP contribution in [0.15, 0.2) is 65.4 Å². The second kappa shape index (κ2) is 10.9. The maximum atomic E-state index is 13.7. The Kier molecular flexibility index (Phi) is 7.54. The number of hydrogen-bond acceptors (Lipinski definition) is 5. The fourth-order valence-corrected chi connectivity index (χ4v) is 4.36. The molecule has 1 aromatic heterocycles. The summed E-state index contributed by atoms with van der Waals surface area (Å²) in [7, 11) is 0. The number of hydrogen-bond donors (Lipinski definition) is 2. The second-order valence-corrected chi connectivity index (χ2v) is 8.64. The highest BCUT2D eigenvalue weighted by Gasteiger charge is 2.26. The van der Waals surface area contributed by atoms with E-state index >= 15 is 0 Å². The first-order valence-corrected chi connectivity index (χ1v) is 11.8. The number of para-hydroxylation sites is 2. The molecule has 0 bridgehead atoms. The molecule has 176 valence electrons. The van der Waals surface area contributed by atoms with Gasteiger partial charge in [0, 0.05) is 30.1 Å². The zero-order valence-electron chi connectivity index (χ0n) is 18.3. The van der Waals surface area contributed by atoms with E-state index in [1.54, 1.807) is 41.3 Å². The molecule has 1 aliphatic rings. The van der Waals surface area contributed by atoms with E-state index in [2.05, 4.69) is 10.6 Å². The predicted octanol–water partition coefficient (Wildman–Crippen LogP) is 3.94. The molecule has 0 atom stereocenters. The number of likely N-dealkylation sites (tertiary alicyclic amines) is 1. The number of carbonyl (C=O) groups is 3. The molecule has 34 heavy (non-hydrogen) atoms. The Labute approximate surface area is 200 Å². The lowest BCUT2D eigenvalue weighted by molar-refractivity contribution is -0.118. The van der Waals surface area contributed by atoms with Gasteiger partial charge in [0.15, 0.2) is 6.61 Å². The zero-order chi connectivity index (χ0) is 23.9. The van der Waals surface area contributed by atoms with Crippen LogP contribution in [0.3, 0.4) is 0 Å². The Hall–Kier alpha value is -3.72. The van der Waals surface area contributed by atoms with E-state index in [1.165, 1.54) is 29.5 Å². The average molecular weight is 482 g/mol. The Morgan fingerprint density at radius 2 is 1.76 bits per heavy atom. The molecule has 1 saturated heterocycles. The Bertz CT molecular complexity index is 1160. The number of rotatable bonds is 7. The first-order valence-electron chi connectivity index (χ1n) is 10.9. The molecule has 1 aliphatic heterocycles. The van der Waals surface area contributed by atoms with Crippen molar-refractivity contribution in [3.8, 4) is 5.75 Å². The van der Waals surface area contributed by atoms with Gasteiger partial charge in [-0.25, -0.2) is 4.39 Å². The van der Waals surface area contributed by atoms with Crippen molar-refractivity contribution in [2.24, 2.45) is 0 Å². The molecule has 7 nitrogen and oxygen atoms in total. The standard InChI is InChI=1S/C25H24FN3O4S/c26-20-6-2-3-7-21(20)28-23(30)15-33-22-8-4-1-5-19(22)25(32)29-12-9-18(10-13-29)27-24(31)17-11-14-34-16-17/h1-8,11,14,16,18H,9-10,12-13,15H2,(H,27,31)(H,28,30). The van der Waals surface area contributed by atoms with Crippen LogP contribution in [0.5, 0.6) is 5.75 Å². The number of benzene rings is 2. The van der Waals surface area contributed by atoms with Gasteiger partial charge in [0.2, 0.25) is 0 Å². The maximum absolute atomic E-state index is 13.7. The molecule has 1 fully saturated rings. The quantitative estimate of drug-likeness (QED) is 0.535. The van der Waals surface area contributed by atoms with Crippen molar-refractivity contribution in [2.45, 2.75) is 18.9 Å². The van der Waals surface area contributed by atoms with Gasteiger partial charge in [0.1, 0.15) is 11.6 Å². The maximum Gasteiger partial charge on any atom is 0.262 e. The summed E-state index contributed by atoms with van der Waals surface area (Å²) in [6, 6.07) is 14.4. The number of nitrogens with one attached hydrogen (secondary N) is 2. The molecule has 0 spiro atoms. The van der Waals surface area contributed by atoms with Gasteiger partial charge < -0.3 is 20.3 Å². The van der Waals surface area contributed by atoms with Crippen molar-refractivity contribution in [3.63, 3.8) is 0 Å². The molecule has 2 N–H and O–H groups in total. The number of halogens is 1. The van der Waals surface area contributed by atoms with E-state index in [4.69, 9.17) is 4.74 Å². The number of ether oxygens (including phenoxy) is 1. The van der Waals surface area contributed by atoms with Crippen molar-refractivity contribution in [2.75, 3.05) is 25.0 Å². The van der Waals surface area contributed by atoms with Crippen molar-refractivity contribution >= 4 is 34.7 Å². The Morgan fingerprint density at radius 3 is 2.50 bits per heavy atom. The molecule has 0 saturated carbocycles. The topological polar surface area (TPSA) is 87.7 Å². The summed E-state index contributed by atoms with van der Waals surface area (Å²) in [5.41, 5.74) is 1.06. The zero-order valence-corrected chi connectivity index (χ0v) is 19.1. The van der Waals surface area contributed by atoms with Crippen molar-refractivity contribution in [3.05, 3.63) is 82.3 Å². The molecular weight excluding hydrogens is 457 g/mol. The summed E-state index contributed by atoms with van der Waals surface area (Å²) in [6.45, 7) is 0.625. The Balaban J connectivity index is 1.31. The SMILES string of the molecule is O=C(COc1ccccc1C(=O)N1CCC(NC(=O)c2ccsc2)CC1)Nc1ccccc1F. The number of nitrogens with zero attached hydrogens (tertiary/aromatic N) is 1. The fraction of sp³-hybridized carbons (Fsp3) is 0.240. The van der Waals surface area contributed by atoms with E-state index in [0.29, 0.717) is 37.1 Å². The molecule has 0 aliphatic carbocycles. The third kappa shape index (κ3) is 5.79. The summed E-state index contributed by atoms with van der Waals surface area (Å²) in [5.74, 6) is -1.09. The third-order valence-electron chi connectivity index (χ3n) is 5.52. The smallest absolute Gasteiger partial charge is 0.262 e. The summed E-state index contributed by atoms with van der Waals surface area (Å²) in [4.78, 5) is 39.3. The number of amides is 3. The van der Waals surface area contributed by atoms with Crippen LogP contribution in [-0.4, -0.2) is 48.4 Å². The first-order chi connectivity index (χ1) is 16.5. The average Bonchev–Trinajstić information content (AvgIpc) is 3.40. The van der Waals surface area contributed by atoms with Gasteiger partial charge in [-0.15, -0.1) is 0 Å². The van der Waals surface area contributed by atoms with E-state index in [9.17, 15) is 18.8 Å². The van der Waals surface area contributed by atoms with Crippen LogP contribution in [0, 0.1) is 5.82 Å². The molecule has 4 rings (SSSR count). The Morgan fingerprint density at radius 1 is 1.03 bits per heavy atom. The van der Waals surface area contributed by atoms with E-state index in [0.717, 1.165) is 0 Å². The molecule has 3 amide bonds. The van der Waals surface area contributed by atoms with E-state index < -0.39 is 11.7 Å². The monoisotopic (exact) mass is 481 g/mol. The highest BCUT2D eigenvalue weighted by atomic mass is 32.1. The summed E-state index contributed by atoms with van der Waals surface area (Å²) in [6.07, 6.45) is 1.30. The van der Waals surface area contributed by atoms with Gasteiger partial charge in [-0.3, -0.25) is 14.4 Å². The van der Waals surface area contributed by atoms with Gasteiger partial charge in [-0.1, -0.05) is 24.3 Å². The van der Waals surface area contributed by atoms with Gasteiger partial charge in [0.25, 0.3) is 17.7 Å².